The van der Waals surface area contributed by atoms with Crippen molar-refractivity contribution in [3.05, 3.63) is 64.8 Å². The molecule has 1 aromatic carbocycles. The number of sulfonamides is 1. The first-order valence-corrected chi connectivity index (χ1v) is 9.80. The van der Waals surface area contributed by atoms with Gasteiger partial charge in [0.25, 0.3) is 0 Å². The van der Waals surface area contributed by atoms with Crippen molar-refractivity contribution in [1.29, 1.82) is 0 Å². The van der Waals surface area contributed by atoms with Crippen molar-refractivity contribution in [3.63, 3.8) is 0 Å². The number of hydrogen-bond acceptors (Lipinski definition) is 2. The Hall–Kier alpha value is -1.65. The van der Waals surface area contributed by atoms with Crippen LogP contribution in [0.1, 0.15) is 39.2 Å². The lowest BCUT2D eigenvalue weighted by atomic mass is 10.0. The molecule has 0 atom stereocenters. The molecule has 2 rings (SSSR count). The molecule has 0 aromatic heterocycles. The van der Waals surface area contributed by atoms with Gasteiger partial charge in [-0.1, -0.05) is 47.1 Å². The fraction of sp³-hybridized carbons (Fsp3) is 0.400. The summed E-state index contributed by atoms with van der Waals surface area (Å²) in [6.45, 7) is 9.13. The minimum absolute atomic E-state index is 0.366. The Morgan fingerprint density at radius 2 is 1.83 bits per heavy atom. The highest BCUT2D eigenvalue weighted by atomic mass is 32.2. The smallest absolute Gasteiger partial charge is 0.207 e. The topological polar surface area (TPSA) is 37.4 Å². The highest BCUT2D eigenvalue weighted by molar-refractivity contribution is 7.89. The van der Waals surface area contributed by atoms with Gasteiger partial charge >= 0.3 is 0 Å². The highest BCUT2D eigenvalue weighted by Gasteiger charge is 2.26. The highest BCUT2D eigenvalue weighted by Crippen LogP contribution is 2.23. The normalized spacial score (nSPS) is 17.7. The van der Waals surface area contributed by atoms with Gasteiger partial charge in [0.15, 0.2) is 0 Å². The van der Waals surface area contributed by atoms with Gasteiger partial charge in [-0.25, -0.2) is 8.42 Å². The zero-order valence-electron chi connectivity index (χ0n) is 15.0. The van der Waals surface area contributed by atoms with Gasteiger partial charge < -0.3 is 0 Å². The first-order valence-electron chi connectivity index (χ1n) is 8.36. The van der Waals surface area contributed by atoms with Crippen molar-refractivity contribution in [3.8, 4) is 0 Å². The van der Waals surface area contributed by atoms with E-state index in [0.717, 1.165) is 24.0 Å². The van der Waals surface area contributed by atoms with Crippen molar-refractivity contribution < 1.29 is 8.42 Å². The summed E-state index contributed by atoms with van der Waals surface area (Å²) in [4.78, 5) is 0.366. The summed E-state index contributed by atoms with van der Waals surface area (Å²) in [6.07, 6.45) is 8.19. The van der Waals surface area contributed by atoms with E-state index in [1.807, 2.05) is 25.1 Å². The van der Waals surface area contributed by atoms with Crippen LogP contribution in [-0.2, 0) is 10.0 Å². The Morgan fingerprint density at radius 3 is 2.46 bits per heavy atom. The fourth-order valence-electron chi connectivity index (χ4n) is 2.68. The molecule has 0 radical (unpaired) electrons. The fourth-order valence-corrected chi connectivity index (χ4v) is 4.05. The second-order valence-electron chi connectivity index (χ2n) is 6.64. The minimum Gasteiger partial charge on any atom is -0.207 e. The average molecular weight is 346 g/mol. The molecule has 0 fully saturated rings. The van der Waals surface area contributed by atoms with Crippen LogP contribution in [0.2, 0.25) is 0 Å². The van der Waals surface area contributed by atoms with Gasteiger partial charge in [-0.05, 0) is 58.2 Å². The van der Waals surface area contributed by atoms with Gasteiger partial charge in [0.05, 0.1) is 4.90 Å². The second-order valence-corrected chi connectivity index (χ2v) is 8.58. The summed E-state index contributed by atoms with van der Waals surface area (Å²) in [5, 5.41) is 0. The first-order chi connectivity index (χ1) is 11.3. The maximum atomic E-state index is 12.8. The third kappa shape index (κ3) is 4.68. The molecular formula is C20H27NO2S. The van der Waals surface area contributed by atoms with Gasteiger partial charge in [-0.3, -0.25) is 0 Å². The number of allylic oxidation sites excluding steroid dienone is 3. The standard InChI is InChI=1S/C20H27NO2S/c1-16(2)7-5-8-18(4)19-9-6-14-21(15-19)24(22,23)20-12-10-17(3)11-13-20/h6-7,9-13H,5,8,14-15H2,1-4H3/b19-18-. The number of aryl methyl sites for hydroxylation is 1. The molecule has 0 spiro atoms. The van der Waals surface area contributed by atoms with E-state index in [1.165, 1.54) is 11.1 Å². The maximum absolute atomic E-state index is 12.8. The van der Waals surface area contributed by atoms with E-state index in [1.54, 1.807) is 16.4 Å². The van der Waals surface area contributed by atoms with Crippen molar-refractivity contribution in [2.75, 3.05) is 13.1 Å². The molecule has 0 saturated carbocycles. The van der Waals surface area contributed by atoms with Crippen LogP contribution in [0.15, 0.2) is 64.1 Å². The Balaban J connectivity index is 2.17. The van der Waals surface area contributed by atoms with Crippen molar-refractivity contribution in [2.45, 2.75) is 45.4 Å². The number of benzene rings is 1. The van der Waals surface area contributed by atoms with E-state index in [-0.39, 0.29) is 0 Å². The molecule has 0 unspecified atom stereocenters. The molecule has 130 valence electrons. The second kappa shape index (κ2) is 7.95. The molecule has 24 heavy (non-hydrogen) atoms. The summed E-state index contributed by atoms with van der Waals surface area (Å²) in [5.41, 5.74) is 4.74. The maximum Gasteiger partial charge on any atom is 0.243 e. The molecule has 0 amide bonds. The zero-order valence-corrected chi connectivity index (χ0v) is 15.9. The van der Waals surface area contributed by atoms with Gasteiger partial charge in [0.1, 0.15) is 0 Å². The summed E-state index contributed by atoms with van der Waals surface area (Å²) in [6, 6.07) is 7.06. The van der Waals surface area contributed by atoms with Crippen LogP contribution in [0.5, 0.6) is 0 Å². The van der Waals surface area contributed by atoms with E-state index in [0.29, 0.717) is 18.0 Å². The molecule has 0 N–H and O–H groups in total. The van der Waals surface area contributed by atoms with E-state index in [4.69, 9.17) is 0 Å². The SMILES string of the molecule is CC(C)=CCC/C(C)=C1/C=CCN(S(=O)(=O)c2ccc(C)cc2)C1. The quantitative estimate of drug-likeness (QED) is 0.730. The Bertz CT molecular complexity index is 764. The lowest BCUT2D eigenvalue weighted by molar-refractivity contribution is 0.461. The first kappa shape index (κ1) is 18.7. The van der Waals surface area contributed by atoms with Crippen LogP contribution < -0.4 is 0 Å². The molecule has 1 aromatic rings. The number of hydrogen-bond donors (Lipinski definition) is 0. The van der Waals surface area contributed by atoms with Crippen molar-refractivity contribution in [2.24, 2.45) is 0 Å². The van der Waals surface area contributed by atoms with Crippen molar-refractivity contribution in [1.82, 2.24) is 4.31 Å². The molecule has 0 saturated heterocycles. The summed E-state index contributed by atoms with van der Waals surface area (Å²) < 4.78 is 27.2. The van der Waals surface area contributed by atoms with E-state index < -0.39 is 10.0 Å². The number of rotatable bonds is 5. The van der Waals surface area contributed by atoms with Crippen LogP contribution in [0.3, 0.4) is 0 Å². The molecule has 0 bridgehead atoms. The Morgan fingerprint density at radius 1 is 1.17 bits per heavy atom. The molecule has 1 heterocycles. The lowest BCUT2D eigenvalue weighted by Crippen LogP contribution is -2.35. The summed E-state index contributed by atoms with van der Waals surface area (Å²) in [7, 11) is -3.44. The third-order valence-electron chi connectivity index (χ3n) is 4.25. The van der Waals surface area contributed by atoms with E-state index in [9.17, 15) is 8.42 Å². The van der Waals surface area contributed by atoms with Crippen LogP contribution in [0.25, 0.3) is 0 Å². The van der Waals surface area contributed by atoms with Gasteiger partial charge in [0, 0.05) is 13.1 Å². The number of nitrogens with zero attached hydrogens (tertiary/aromatic N) is 1. The molecule has 3 nitrogen and oxygen atoms in total. The van der Waals surface area contributed by atoms with Gasteiger partial charge in [0.2, 0.25) is 10.0 Å². The average Bonchev–Trinajstić information content (AvgIpc) is 2.55. The molecular weight excluding hydrogens is 318 g/mol. The molecule has 1 aliphatic heterocycles. The van der Waals surface area contributed by atoms with Crippen LogP contribution in [-0.4, -0.2) is 25.8 Å². The van der Waals surface area contributed by atoms with Gasteiger partial charge in [-0.15, -0.1) is 0 Å². The van der Waals surface area contributed by atoms with Crippen molar-refractivity contribution >= 4 is 10.0 Å². The van der Waals surface area contributed by atoms with Crippen LogP contribution >= 0.6 is 0 Å². The minimum atomic E-state index is -3.44. The molecule has 4 heteroatoms. The predicted molar refractivity (Wildman–Crippen MR) is 100 cm³/mol. The van der Waals surface area contributed by atoms with E-state index in [2.05, 4.69) is 32.9 Å². The van der Waals surface area contributed by atoms with Crippen LogP contribution in [0.4, 0.5) is 0 Å². The Labute approximate surface area is 146 Å². The summed E-state index contributed by atoms with van der Waals surface area (Å²) in [5.74, 6) is 0. The molecule has 1 aliphatic rings. The predicted octanol–water partition coefficient (Wildman–Crippen LogP) is 4.62. The monoisotopic (exact) mass is 345 g/mol. The lowest BCUT2D eigenvalue weighted by Gasteiger charge is -2.25. The molecule has 0 aliphatic carbocycles. The Kier molecular flexibility index (Phi) is 6.19. The van der Waals surface area contributed by atoms with E-state index >= 15 is 0 Å². The third-order valence-corrected chi connectivity index (χ3v) is 6.08. The largest absolute Gasteiger partial charge is 0.243 e. The zero-order chi connectivity index (χ0) is 17.7. The van der Waals surface area contributed by atoms with Gasteiger partial charge in [-0.2, -0.15) is 4.31 Å². The summed E-state index contributed by atoms with van der Waals surface area (Å²) >= 11 is 0. The van der Waals surface area contributed by atoms with Crippen LogP contribution in [0, 0.1) is 6.92 Å².